The van der Waals surface area contributed by atoms with Crippen LogP contribution < -0.4 is 10.6 Å². The summed E-state index contributed by atoms with van der Waals surface area (Å²) in [5.41, 5.74) is 7.61. The number of hydrogen-bond acceptors (Lipinski definition) is 4. The van der Waals surface area contributed by atoms with Crippen LogP contribution in [0.4, 0.5) is 0 Å². The number of nitrogens with zero attached hydrogens (tertiary/aromatic N) is 3. The molecule has 3 rings (SSSR count). The summed E-state index contributed by atoms with van der Waals surface area (Å²) in [4.78, 5) is 25.5. The number of aromatic nitrogens is 3. The van der Waals surface area contributed by atoms with E-state index in [4.69, 9.17) is 10.6 Å². The third kappa shape index (κ3) is 2.40. The summed E-state index contributed by atoms with van der Waals surface area (Å²) < 4.78 is 1.62. The molecule has 0 saturated carbocycles. The van der Waals surface area contributed by atoms with Crippen LogP contribution in [0, 0.1) is 0 Å². The van der Waals surface area contributed by atoms with Crippen molar-refractivity contribution in [2.24, 2.45) is 5.73 Å². The molecule has 2 aromatic heterocycles. The Morgan fingerprint density at radius 1 is 1.33 bits per heavy atom. The maximum atomic E-state index is 11.0. The zero-order valence-corrected chi connectivity index (χ0v) is 11.7. The molecule has 21 heavy (non-hydrogen) atoms. The van der Waals surface area contributed by atoms with E-state index in [1.54, 1.807) is 10.9 Å². The van der Waals surface area contributed by atoms with Gasteiger partial charge in [-0.1, -0.05) is 25.1 Å². The minimum Gasteiger partial charge on any atom is -0.402 e. The third-order valence-electron chi connectivity index (χ3n) is 3.22. The van der Waals surface area contributed by atoms with Crippen LogP contribution in [0.1, 0.15) is 19.2 Å². The first kappa shape index (κ1) is 13.4. The lowest BCUT2D eigenvalue weighted by Crippen LogP contribution is -2.26. The van der Waals surface area contributed by atoms with E-state index in [0.29, 0.717) is 0 Å². The fourth-order valence-corrected chi connectivity index (χ4v) is 2.37. The SMILES string of the molecule is CCCc1nc2cnc3ccccc3c2n1OCC(N)=O. The number of rotatable bonds is 5. The van der Waals surface area contributed by atoms with Gasteiger partial charge in [0.2, 0.25) is 0 Å². The number of benzene rings is 1. The maximum absolute atomic E-state index is 11.0. The molecule has 0 spiro atoms. The number of amides is 1. The second-order valence-corrected chi connectivity index (χ2v) is 4.82. The zero-order chi connectivity index (χ0) is 14.8. The number of nitrogens with two attached hydrogens (primary N) is 1. The average Bonchev–Trinajstić information content (AvgIpc) is 2.83. The highest BCUT2D eigenvalue weighted by molar-refractivity contribution is 6.02. The van der Waals surface area contributed by atoms with Crippen molar-refractivity contribution < 1.29 is 9.63 Å². The molecule has 0 aliphatic rings. The molecule has 6 nitrogen and oxygen atoms in total. The summed E-state index contributed by atoms with van der Waals surface area (Å²) in [6, 6.07) is 7.76. The second-order valence-electron chi connectivity index (χ2n) is 4.82. The summed E-state index contributed by atoms with van der Waals surface area (Å²) in [6.45, 7) is 1.88. The minimum absolute atomic E-state index is 0.182. The highest BCUT2D eigenvalue weighted by atomic mass is 16.7. The van der Waals surface area contributed by atoms with Crippen LogP contribution in [0.15, 0.2) is 30.5 Å². The molecule has 6 heteroatoms. The van der Waals surface area contributed by atoms with Gasteiger partial charge in [0.05, 0.1) is 11.7 Å². The number of imidazole rings is 1. The molecule has 0 fully saturated rings. The van der Waals surface area contributed by atoms with Crippen LogP contribution in [-0.4, -0.2) is 27.2 Å². The first-order valence-corrected chi connectivity index (χ1v) is 6.87. The fraction of sp³-hybridized carbons (Fsp3) is 0.267. The first-order chi connectivity index (χ1) is 10.2. The van der Waals surface area contributed by atoms with E-state index in [2.05, 4.69) is 16.9 Å². The molecule has 3 aromatic rings. The Bertz CT molecular complexity index is 810. The molecule has 0 unspecified atom stereocenters. The topological polar surface area (TPSA) is 83.0 Å². The van der Waals surface area contributed by atoms with Gasteiger partial charge < -0.3 is 10.6 Å². The summed E-state index contributed by atoms with van der Waals surface area (Å²) in [5, 5.41) is 0.939. The van der Waals surface area contributed by atoms with E-state index in [-0.39, 0.29) is 6.61 Å². The van der Waals surface area contributed by atoms with E-state index >= 15 is 0 Å². The molecule has 0 aliphatic heterocycles. The molecule has 0 saturated heterocycles. The molecule has 0 bridgehead atoms. The van der Waals surface area contributed by atoms with Crippen molar-refractivity contribution in [2.75, 3.05) is 6.61 Å². The summed E-state index contributed by atoms with van der Waals surface area (Å²) in [5.74, 6) is 0.254. The van der Waals surface area contributed by atoms with Gasteiger partial charge in [0.15, 0.2) is 6.61 Å². The van der Waals surface area contributed by atoms with Crippen LogP contribution in [0.25, 0.3) is 21.9 Å². The lowest BCUT2D eigenvalue weighted by molar-refractivity contribution is -0.122. The van der Waals surface area contributed by atoms with Crippen molar-refractivity contribution in [2.45, 2.75) is 19.8 Å². The molecule has 2 heterocycles. The Morgan fingerprint density at radius 2 is 2.14 bits per heavy atom. The van der Waals surface area contributed by atoms with Gasteiger partial charge in [-0.15, -0.1) is 0 Å². The Labute approximate surface area is 121 Å². The van der Waals surface area contributed by atoms with Crippen molar-refractivity contribution in [3.63, 3.8) is 0 Å². The second kappa shape index (κ2) is 5.40. The maximum Gasteiger partial charge on any atom is 0.258 e. The zero-order valence-electron chi connectivity index (χ0n) is 11.7. The van der Waals surface area contributed by atoms with E-state index in [1.165, 1.54) is 0 Å². The number of pyridine rings is 1. The van der Waals surface area contributed by atoms with Crippen molar-refractivity contribution in [1.29, 1.82) is 0 Å². The van der Waals surface area contributed by atoms with Gasteiger partial charge in [-0.2, -0.15) is 4.73 Å². The lowest BCUT2D eigenvalue weighted by atomic mass is 10.2. The number of carbonyl (C=O) groups excluding carboxylic acids is 1. The predicted molar refractivity (Wildman–Crippen MR) is 79.7 cm³/mol. The Balaban J connectivity index is 2.24. The molecule has 1 amide bonds. The predicted octanol–water partition coefficient (Wildman–Crippen LogP) is 1.45. The number of fused-ring (bicyclic) bond motifs is 3. The highest BCUT2D eigenvalue weighted by Crippen LogP contribution is 2.24. The van der Waals surface area contributed by atoms with Crippen LogP contribution in [0.2, 0.25) is 0 Å². The fourth-order valence-electron chi connectivity index (χ4n) is 2.37. The van der Waals surface area contributed by atoms with E-state index in [0.717, 1.165) is 40.6 Å². The number of aryl methyl sites for hydroxylation is 1. The summed E-state index contributed by atoms with van der Waals surface area (Å²) in [6.07, 6.45) is 3.40. The van der Waals surface area contributed by atoms with Crippen LogP contribution in [0.5, 0.6) is 0 Å². The Morgan fingerprint density at radius 3 is 2.90 bits per heavy atom. The average molecular weight is 284 g/mol. The lowest BCUT2D eigenvalue weighted by Gasteiger charge is -2.10. The third-order valence-corrected chi connectivity index (χ3v) is 3.22. The molecule has 1 aromatic carbocycles. The molecular weight excluding hydrogens is 268 g/mol. The smallest absolute Gasteiger partial charge is 0.258 e. The first-order valence-electron chi connectivity index (χ1n) is 6.87. The van der Waals surface area contributed by atoms with Gasteiger partial charge in [-0.25, -0.2) is 4.98 Å². The van der Waals surface area contributed by atoms with Gasteiger partial charge in [0.25, 0.3) is 5.91 Å². The Hall–Kier alpha value is -2.63. The van der Waals surface area contributed by atoms with E-state index in [1.807, 2.05) is 24.3 Å². The van der Waals surface area contributed by atoms with Gasteiger partial charge in [0.1, 0.15) is 16.9 Å². The minimum atomic E-state index is -0.516. The van der Waals surface area contributed by atoms with Gasteiger partial charge in [-0.3, -0.25) is 9.78 Å². The number of carbonyl (C=O) groups is 1. The molecular formula is C15H16N4O2. The van der Waals surface area contributed by atoms with Crippen LogP contribution >= 0.6 is 0 Å². The van der Waals surface area contributed by atoms with Gasteiger partial charge >= 0.3 is 0 Å². The van der Waals surface area contributed by atoms with Crippen LogP contribution in [0.3, 0.4) is 0 Å². The van der Waals surface area contributed by atoms with Crippen molar-refractivity contribution in [3.05, 3.63) is 36.3 Å². The molecule has 2 N–H and O–H groups in total. The molecule has 0 radical (unpaired) electrons. The van der Waals surface area contributed by atoms with Crippen LogP contribution in [-0.2, 0) is 11.2 Å². The molecule has 0 aliphatic carbocycles. The van der Waals surface area contributed by atoms with E-state index in [9.17, 15) is 4.79 Å². The monoisotopic (exact) mass is 284 g/mol. The van der Waals surface area contributed by atoms with Crippen molar-refractivity contribution >= 4 is 27.8 Å². The number of hydrogen-bond donors (Lipinski definition) is 1. The van der Waals surface area contributed by atoms with Crippen molar-refractivity contribution in [1.82, 2.24) is 14.7 Å². The quantitative estimate of drug-likeness (QED) is 0.768. The molecule has 108 valence electrons. The van der Waals surface area contributed by atoms with Gasteiger partial charge in [-0.05, 0) is 12.5 Å². The van der Waals surface area contributed by atoms with Crippen molar-refractivity contribution in [3.8, 4) is 0 Å². The molecule has 0 atom stereocenters. The van der Waals surface area contributed by atoms with E-state index < -0.39 is 5.91 Å². The summed E-state index contributed by atoms with van der Waals surface area (Å²) >= 11 is 0. The highest BCUT2D eigenvalue weighted by Gasteiger charge is 2.15. The number of primary amides is 1. The summed E-state index contributed by atoms with van der Waals surface area (Å²) in [7, 11) is 0. The largest absolute Gasteiger partial charge is 0.402 e. The standard InChI is InChI=1S/C15H16N4O2/c1-2-5-14-18-12-8-17-11-7-4-3-6-10(11)15(12)19(14)21-9-13(16)20/h3-4,6-8H,2,5,9H2,1H3,(H2,16,20). The Kier molecular flexibility index (Phi) is 3.43. The normalized spacial score (nSPS) is 11.1. The van der Waals surface area contributed by atoms with Gasteiger partial charge in [0, 0.05) is 11.8 Å². The number of para-hydroxylation sites is 1.